The molecule has 2 aromatic heterocycles. The smallest absolute Gasteiger partial charge is 0.250 e. The molecule has 1 fully saturated rings. The van der Waals surface area contributed by atoms with E-state index < -0.39 is 5.92 Å². The third-order valence-corrected chi connectivity index (χ3v) is 5.13. The zero-order chi connectivity index (χ0) is 19.7. The lowest BCUT2D eigenvalue weighted by Crippen LogP contribution is -2.40. The predicted molar refractivity (Wildman–Crippen MR) is 101 cm³/mol. The zero-order valence-electron chi connectivity index (χ0n) is 15.3. The number of aromatic nitrogens is 4. The van der Waals surface area contributed by atoms with Gasteiger partial charge in [0.25, 0.3) is 5.92 Å². The number of halogens is 3. The molecule has 8 heteroatoms. The first-order valence-electron chi connectivity index (χ1n) is 9.16. The Kier molecular flexibility index (Phi) is 4.89. The first kappa shape index (κ1) is 18.6. The van der Waals surface area contributed by atoms with Crippen LogP contribution in [0.4, 0.5) is 13.2 Å². The molecule has 0 amide bonds. The van der Waals surface area contributed by atoms with Crippen LogP contribution in [0, 0.1) is 5.82 Å². The standard InChI is InChI=1S/C20H20F3N5/c1-2-14-3-4-15(17(21)11-14)18-16-12-26-28(19(16)25-13-24-18)10-9-27-7-5-20(22,23)6-8-27/h2-4,11-13H,1,5-10H2. The molecule has 0 saturated carbocycles. The monoisotopic (exact) mass is 387 g/mol. The Morgan fingerprint density at radius 2 is 1.93 bits per heavy atom. The third kappa shape index (κ3) is 3.64. The number of fused-ring (bicyclic) bond motifs is 1. The number of hydrogen-bond acceptors (Lipinski definition) is 4. The fourth-order valence-electron chi connectivity index (χ4n) is 3.46. The van der Waals surface area contributed by atoms with Crippen molar-refractivity contribution in [2.75, 3.05) is 19.6 Å². The van der Waals surface area contributed by atoms with Crippen molar-refractivity contribution in [3.63, 3.8) is 0 Å². The molecule has 0 bridgehead atoms. The van der Waals surface area contributed by atoms with Gasteiger partial charge in [-0.2, -0.15) is 5.10 Å². The predicted octanol–water partition coefficient (Wildman–Crippen LogP) is 4.01. The maximum Gasteiger partial charge on any atom is 0.250 e. The molecule has 3 aromatic rings. The van der Waals surface area contributed by atoms with Gasteiger partial charge in [-0.3, -0.25) is 0 Å². The minimum atomic E-state index is -2.55. The number of rotatable bonds is 5. The Morgan fingerprint density at radius 3 is 2.64 bits per heavy atom. The first-order chi connectivity index (χ1) is 13.5. The molecule has 0 atom stereocenters. The van der Waals surface area contributed by atoms with Crippen LogP contribution in [0.25, 0.3) is 28.4 Å². The maximum atomic E-state index is 14.5. The van der Waals surface area contributed by atoms with E-state index in [9.17, 15) is 13.2 Å². The summed E-state index contributed by atoms with van der Waals surface area (Å²) < 4.78 is 42.8. The molecule has 3 heterocycles. The van der Waals surface area contributed by atoms with Crippen LogP contribution in [0.3, 0.4) is 0 Å². The summed E-state index contributed by atoms with van der Waals surface area (Å²) in [7, 11) is 0. The summed E-state index contributed by atoms with van der Waals surface area (Å²) >= 11 is 0. The summed E-state index contributed by atoms with van der Waals surface area (Å²) in [5.74, 6) is -2.94. The molecule has 0 aliphatic carbocycles. The fourth-order valence-corrected chi connectivity index (χ4v) is 3.46. The average molecular weight is 387 g/mol. The van der Waals surface area contributed by atoms with Crippen molar-refractivity contribution in [1.82, 2.24) is 24.6 Å². The van der Waals surface area contributed by atoms with E-state index in [1.807, 2.05) is 4.90 Å². The van der Waals surface area contributed by atoms with Gasteiger partial charge in [-0.05, 0) is 17.7 Å². The van der Waals surface area contributed by atoms with Crippen LogP contribution in [-0.4, -0.2) is 50.2 Å². The van der Waals surface area contributed by atoms with Gasteiger partial charge in [0.15, 0.2) is 5.65 Å². The number of alkyl halides is 2. The van der Waals surface area contributed by atoms with Crippen molar-refractivity contribution < 1.29 is 13.2 Å². The summed E-state index contributed by atoms with van der Waals surface area (Å²) in [6, 6.07) is 4.85. The SMILES string of the molecule is C=Cc1ccc(-c2ncnc3c2cnn3CCN2CCC(F)(F)CC2)c(F)c1. The Balaban J connectivity index is 1.56. The van der Waals surface area contributed by atoms with Crippen LogP contribution in [0.2, 0.25) is 0 Å². The number of piperidine rings is 1. The van der Waals surface area contributed by atoms with Crippen LogP contribution in [0.5, 0.6) is 0 Å². The van der Waals surface area contributed by atoms with Gasteiger partial charge in [0, 0.05) is 38.0 Å². The van der Waals surface area contributed by atoms with E-state index in [4.69, 9.17) is 0 Å². The van der Waals surface area contributed by atoms with Crippen molar-refractivity contribution in [1.29, 1.82) is 0 Å². The van der Waals surface area contributed by atoms with E-state index in [-0.39, 0.29) is 18.7 Å². The van der Waals surface area contributed by atoms with Crippen molar-refractivity contribution in [3.8, 4) is 11.3 Å². The second-order valence-corrected chi connectivity index (χ2v) is 6.97. The summed E-state index contributed by atoms with van der Waals surface area (Å²) in [6.45, 7) is 5.50. The highest BCUT2D eigenvalue weighted by Crippen LogP contribution is 2.29. The Hall–Kier alpha value is -2.74. The Bertz CT molecular complexity index is 1000. The third-order valence-electron chi connectivity index (χ3n) is 5.13. The van der Waals surface area contributed by atoms with Gasteiger partial charge in [0.2, 0.25) is 0 Å². The van der Waals surface area contributed by atoms with Crippen LogP contribution < -0.4 is 0 Å². The van der Waals surface area contributed by atoms with Gasteiger partial charge >= 0.3 is 0 Å². The van der Waals surface area contributed by atoms with Gasteiger partial charge in [-0.15, -0.1) is 0 Å². The topological polar surface area (TPSA) is 46.8 Å². The van der Waals surface area contributed by atoms with Crippen molar-refractivity contribution in [2.45, 2.75) is 25.3 Å². The molecular formula is C20H20F3N5. The second kappa shape index (κ2) is 7.35. The highest BCUT2D eigenvalue weighted by molar-refractivity contribution is 5.90. The van der Waals surface area contributed by atoms with Gasteiger partial charge < -0.3 is 4.90 Å². The highest BCUT2D eigenvalue weighted by atomic mass is 19.3. The average Bonchev–Trinajstić information content (AvgIpc) is 3.10. The molecule has 0 radical (unpaired) electrons. The van der Waals surface area contributed by atoms with Crippen LogP contribution in [0.1, 0.15) is 18.4 Å². The molecule has 0 spiro atoms. The molecule has 4 rings (SSSR count). The largest absolute Gasteiger partial charge is 0.301 e. The number of hydrogen-bond donors (Lipinski definition) is 0. The second-order valence-electron chi connectivity index (χ2n) is 6.97. The summed E-state index contributed by atoms with van der Waals surface area (Å²) in [6.07, 6.45) is 4.36. The molecule has 5 nitrogen and oxygen atoms in total. The van der Waals surface area contributed by atoms with Gasteiger partial charge in [-0.1, -0.05) is 18.7 Å². The van der Waals surface area contributed by atoms with Crippen molar-refractivity contribution in [2.24, 2.45) is 0 Å². The quantitative estimate of drug-likeness (QED) is 0.664. The lowest BCUT2D eigenvalue weighted by atomic mass is 10.1. The van der Waals surface area contributed by atoms with Gasteiger partial charge in [0.05, 0.1) is 23.8 Å². The highest BCUT2D eigenvalue weighted by Gasteiger charge is 2.33. The Morgan fingerprint density at radius 1 is 1.14 bits per heavy atom. The molecule has 1 aliphatic rings. The van der Waals surface area contributed by atoms with Crippen LogP contribution in [-0.2, 0) is 6.54 Å². The van der Waals surface area contributed by atoms with Crippen molar-refractivity contribution >= 4 is 17.1 Å². The molecule has 0 N–H and O–H groups in total. The van der Waals surface area contributed by atoms with E-state index in [1.165, 1.54) is 12.4 Å². The minimum absolute atomic E-state index is 0.112. The zero-order valence-corrected chi connectivity index (χ0v) is 15.3. The molecular weight excluding hydrogens is 367 g/mol. The lowest BCUT2D eigenvalue weighted by Gasteiger charge is -2.31. The Labute approximate surface area is 160 Å². The van der Waals surface area contributed by atoms with E-state index >= 15 is 0 Å². The van der Waals surface area contributed by atoms with Crippen LogP contribution >= 0.6 is 0 Å². The summed E-state index contributed by atoms with van der Waals surface area (Å²) in [5.41, 5.74) is 2.13. The molecule has 1 aromatic carbocycles. The normalized spacial score (nSPS) is 17.1. The fraction of sp³-hybridized carbons (Fsp3) is 0.350. The molecule has 146 valence electrons. The number of likely N-dealkylation sites (tertiary alicyclic amines) is 1. The first-order valence-corrected chi connectivity index (χ1v) is 9.16. The maximum absolute atomic E-state index is 14.5. The molecule has 1 saturated heterocycles. The van der Waals surface area contributed by atoms with Crippen molar-refractivity contribution in [3.05, 3.63) is 48.7 Å². The van der Waals surface area contributed by atoms with E-state index in [0.717, 1.165) is 0 Å². The summed E-state index contributed by atoms with van der Waals surface area (Å²) in [4.78, 5) is 10.5. The van der Waals surface area contributed by atoms with Gasteiger partial charge in [0.1, 0.15) is 12.1 Å². The van der Waals surface area contributed by atoms with E-state index in [1.54, 1.807) is 29.1 Å². The lowest BCUT2D eigenvalue weighted by molar-refractivity contribution is -0.0555. The molecule has 28 heavy (non-hydrogen) atoms. The molecule has 1 aliphatic heterocycles. The summed E-state index contributed by atoms with van der Waals surface area (Å²) in [5, 5.41) is 5.01. The minimum Gasteiger partial charge on any atom is -0.301 e. The molecule has 0 unspecified atom stereocenters. The van der Waals surface area contributed by atoms with Gasteiger partial charge in [-0.25, -0.2) is 27.8 Å². The number of nitrogens with zero attached hydrogens (tertiary/aromatic N) is 5. The van der Waals surface area contributed by atoms with E-state index in [2.05, 4.69) is 21.6 Å². The number of benzene rings is 1. The van der Waals surface area contributed by atoms with Crippen LogP contribution in [0.15, 0.2) is 37.3 Å². The van der Waals surface area contributed by atoms with E-state index in [0.29, 0.717) is 54.0 Å².